The fourth-order valence-electron chi connectivity index (χ4n) is 1.35. The number of rotatable bonds is 9. The molecule has 7 heteroatoms. The van der Waals surface area contributed by atoms with Gasteiger partial charge in [-0.1, -0.05) is 11.6 Å². The van der Waals surface area contributed by atoms with E-state index in [9.17, 15) is 9.90 Å². The Morgan fingerprint density at radius 1 is 1.35 bits per heavy atom. The van der Waals surface area contributed by atoms with Crippen molar-refractivity contribution in [2.45, 2.75) is 6.10 Å². The number of aliphatic hydroxyl groups is 1. The van der Waals surface area contributed by atoms with Crippen LogP contribution in [0.2, 0.25) is 5.02 Å². The molecule has 6 nitrogen and oxygen atoms in total. The van der Waals surface area contributed by atoms with Crippen LogP contribution in [0.15, 0.2) is 18.2 Å². The summed E-state index contributed by atoms with van der Waals surface area (Å²) in [6.07, 6.45) is -0.804. The minimum Gasteiger partial charge on any atom is -0.489 e. The van der Waals surface area contributed by atoms with Gasteiger partial charge >= 0.3 is 5.97 Å². The molecule has 0 fully saturated rings. The standard InChI is InChI=1S/C13H17ClO6/c1-18-4-5-19-7-10(15)8-20-12-3-2-9(13(16)17)6-11(12)14/h2-3,6,10,15H,4-5,7-8H2,1H3,(H,16,17). The minimum atomic E-state index is -1.06. The van der Waals surface area contributed by atoms with Crippen LogP contribution in [0.4, 0.5) is 0 Å². The molecule has 1 atom stereocenters. The van der Waals surface area contributed by atoms with Crippen LogP contribution in [-0.2, 0) is 9.47 Å². The number of benzene rings is 1. The van der Waals surface area contributed by atoms with Crippen LogP contribution < -0.4 is 4.74 Å². The highest BCUT2D eigenvalue weighted by atomic mass is 35.5. The van der Waals surface area contributed by atoms with Gasteiger partial charge in [0.25, 0.3) is 0 Å². The first-order valence-corrected chi connectivity index (χ1v) is 6.32. The third-order valence-corrected chi connectivity index (χ3v) is 2.65. The summed E-state index contributed by atoms with van der Waals surface area (Å²) in [7, 11) is 1.56. The van der Waals surface area contributed by atoms with Crippen LogP contribution in [0.3, 0.4) is 0 Å². The third kappa shape index (κ3) is 5.75. The van der Waals surface area contributed by atoms with Crippen molar-refractivity contribution in [2.75, 3.05) is 33.5 Å². The van der Waals surface area contributed by atoms with Gasteiger partial charge in [0.2, 0.25) is 0 Å². The summed E-state index contributed by atoms with van der Waals surface area (Å²) < 4.78 is 15.2. The molecule has 112 valence electrons. The van der Waals surface area contributed by atoms with E-state index in [2.05, 4.69) is 0 Å². The topological polar surface area (TPSA) is 85.2 Å². The van der Waals surface area contributed by atoms with Crippen molar-refractivity contribution in [3.05, 3.63) is 28.8 Å². The number of halogens is 1. The molecular weight excluding hydrogens is 288 g/mol. The second-order valence-electron chi connectivity index (χ2n) is 3.98. The Labute approximate surface area is 121 Å². The van der Waals surface area contributed by atoms with Gasteiger partial charge in [0.1, 0.15) is 18.5 Å². The van der Waals surface area contributed by atoms with Gasteiger partial charge < -0.3 is 24.4 Å². The Balaban J connectivity index is 2.39. The predicted molar refractivity (Wildman–Crippen MR) is 72.6 cm³/mol. The zero-order valence-electron chi connectivity index (χ0n) is 11.0. The quantitative estimate of drug-likeness (QED) is 0.672. The number of aromatic carboxylic acids is 1. The summed E-state index contributed by atoms with van der Waals surface area (Å²) >= 11 is 5.88. The number of hydrogen-bond acceptors (Lipinski definition) is 5. The molecule has 0 radical (unpaired) electrons. The first-order valence-electron chi connectivity index (χ1n) is 5.95. The monoisotopic (exact) mass is 304 g/mol. The maximum Gasteiger partial charge on any atom is 0.335 e. The predicted octanol–water partition coefficient (Wildman–Crippen LogP) is 1.44. The molecule has 0 saturated carbocycles. The van der Waals surface area contributed by atoms with E-state index in [1.165, 1.54) is 18.2 Å². The van der Waals surface area contributed by atoms with Gasteiger partial charge in [0.15, 0.2) is 0 Å². The molecule has 0 spiro atoms. The van der Waals surface area contributed by atoms with Crippen molar-refractivity contribution in [2.24, 2.45) is 0 Å². The van der Waals surface area contributed by atoms with Crippen molar-refractivity contribution >= 4 is 17.6 Å². The van der Waals surface area contributed by atoms with E-state index < -0.39 is 12.1 Å². The summed E-state index contributed by atoms with van der Waals surface area (Å²) in [5.74, 6) is -0.752. The SMILES string of the molecule is COCCOCC(O)COc1ccc(C(=O)O)cc1Cl. The van der Waals surface area contributed by atoms with Gasteiger partial charge in [-0.2, -0.15) is 0 Å². The molecule has 0 aromatic heterocycles. The molecule has 0 bridgehead atoms. The molecule has 0 aliphatic rings. The van der Waals surface area contributed by atoms with E-state index in [0.717, 1.165) is 0 Å². The molecule has 0 aliphatic heterocycles. The molecule has 20 heavy (non-hydrogen) atoms. The average molecular weight is 305 g/mol. The number of carboxylic acids is 1. The summed E-state index contributed by atoms with van der Waals surface area (Å²) in [5.41, 5.74) is 0.0748. The van der Waals surface area contributed by atoms with Gasteiger partial charge in [0, 0.05) is 7.11 Å². The average Bonchev–Trinajstić information content (AvgIpc) is 2.42. The largest absolute Gasteiger partial charge is 0.489 e. The fourth-order valence-corrected chi connectivity index (χ4v) is 1.58. The van der Waals surface area contributed by atoms with Crippen molar-refractivity contribution in [1.82, 2.24) is 0 Å². The summed E-state index contributed by atoms with van der Waals surface area (Å²) in [6.45, 7) is 0.963. The molecule has 0 heterocycles. The van der Waals surface area contributed by atoms with Crippen molar-refractivity contribution in [3.8, 4) is 5.75 Å². The summed E-state index contributed by atoms with van der Waals surface area (Å²) in [5, 5.41) is 18.6. The second kappa shape index (κ2) is 8.76. The van der Waals surface area contributed by atoms with Crippen LogP contribution in [0.1, 0.15) is 10.4 Å². The van der Waals surface area contributed by atoms with Crippen LogP contribution in [-0.4, -0.2) is 55.8 Å². The van der Waals surface area contributed by atoms with E-state index in [1.54, 1.807) is 7.11 Å². The molecule has 2 N–H and O–H groups in total. The first-order chi connectivity index (χ1) is 9.54. The highest BCUT2D eigenvalue weighted by molar-refractivity contribution is 6.32. The van der Waals surface area contributed by atoms with Crippen LogP contribution in [0.5, 0.6) is 5.75 Å². The highest BCUT2D eigenvalue weighted by Crippen LogP contribution is 2.25. The van der Waals surface area contributed by atoms with Crippen molar-refractivity contribution in [3.63, 3.8) is 0 Å². The van der Waals surface area contributed by atoms with Gasteiger partial charge in [-0.3, -0.25) is 0 Å². The summed E-state index contributed by atoms with van der Waals surface area (Å²) in [6, 6.07) is 4.12. The van der Waals surface area contributed by atoms with Gasteiger partial charge in [-0.15, -0.1) is 0 Å². The van der Waals surface area contributed by atoms with Crippen molar-refractivity contribution in [1.29, 1.82) is 0 Å². The maximum atomic E-state index is 10.7. The lowest BCUT2D eigenvalue weighted by Gasteiger charge is -2.13. The number of methoxy groups -OCH3 is 1. The van der Waals surface area contributed by atoms with Gasteiger partial charge in [0.05, 0.1) is 30.4 Å². The highest BCUT2D eigenvalue weighted by Gasteiger charge is 2.10. The lowest BCUT2D eigenvalue weighted by atomic mass is 10.2. The minimum absolute atomic E-state index is 0.000873. The lowest BCUT2D eigenvalue weighted by Crippen LogP contribution is -2.24. The van der Waals surface area contributed by atoms with Crippen LogP contribution >= 0.6 is 11.6 Å². The van der Waals surface area contributed by atoms with E-state index in [4.69, 9.17) is 30.9 Å². The molecule has 0 amide bonds. The molecule has 0 aliphatic carbocycles. The Hall–Kier alpha value is -1.34. The van der Waals surface area contributed by atoms with Crippen molar-refractivity contribution < 1.29 is 29.2 Å². The molecule has 1 aromatic rings. The van der Waals surface area contributed by atoms with E-state index in [0.29, 0.717) is 19.0 Å². The zero-order chi connectivity index (χ0) is 15.0. The van der Waals surface area contributed by atoms with E-state index >= 15 is 0 Å². The molecule has 0 saturated heterocycles. The number of aliphatic hydroxyl groups excluding tert-OH is 1. The Kier molecular flexibility index (Phi) is 7.32. The normalized spacial score (nSPS) is 12.2. The van der Waals surface area contributed by atoms with Gasteiger partial charge in [-0.25, -0.2) is 4.79 Å². The van der Waals surface area contributed by atoms with E-state index in [1.807, 2.05) is 0 Å². The first kappa shape index (κ1) is 16.7. The van der Waals surface area contributed by atoms with Crippen LogP contribution in [0, 0.1) is 0 Å². The second-order valence-corrected chi connectivity index (χ2v) is 4.39. The number of hydrogen-bond donors (Lipinski definition) is 2. The summed E-state index contributed by atoms with van der Waals surface area (Å²) in [4.78, 5) is 10.7. The van der Waals surface area contributed by atoms with Crippen LogP contribution in [0.25, 0.3) is 0 Å². The third-order valence-electron chi connectivity index (χ3n) is 2.35. The smallest absolute Gasteiger partial charge is 0.335 e. The Bertz CT molecular complexity index is 437. The molecule has 1 rings (SSSR count). The molecule has 1 unspecified atom stereocenters. The molecular formula is C13H17ClO6. The fraction of sp³-hybridized carbons (Fsp3) is 0.462. The molecule has 1 aromatic carbocycles. The Morgan fingerprint density at radius 3 is 2.70 bits per heavy atom. The Morgan fingerprint density at radius 2 is 2.10 bits per heavy atom. The number of carboxylic acid groups (broad SMARTS) is 1. The number of ether oxygens (including phenoxy) is 3. The lowest BCUT2D eigenvalue weighted by molar-refractivity contribution is -0.00418. The maximum absolute atomic E-state index is 10.7. The number of carbonyl (C=O) groups is 1. The van der Waals surface area contributed by atoms with E-state index in [-0.39, 0.29) is 23.8 Å². The van der Waals surface area contributed by atoms with Gasteiger partial charge in [-0.05, 0) is 18.2 Å². The zero-order valence-corrected chi connectivity index (χ0v) is 11.8.